The van der Waals surface area contributed by atoms with Crippen molar-refractivity contribution in [3.63, 3.8) is 0 Å². The second kappa shape index (κ2) is 3.59. The summed E-state index contributed by atoms with van der Waals surface area (Å²) in [6, 6.07) is 4.68. The third-order valence-electron chi connectivity index (χ3n) is 2.26. The van der Waals surface area contributed by atoms with Gasteiger partial charge in [-0.15, -0.1) is 11.3 Å². The molecule has 84 valence electrons. The molecule has 0 unspecified atom stereocenters. The fraction of sp³-hybridized carbons (Fsp3) is 0.182. The minimum atomic E-state index is -4.48. The van der Waals surface area contributed by atoms with Crippen LogP contribution in [0.5, 0.6) is 0 Å². The SMILES string of the molecule is Cc1ccc2c(C(F)(F)F)c(C=O)sc2c1. The number of aryl methyl sites for hydroxylation is 1. The van der Waals surface area contributed by atoms with Crippen molar-refractivity contribution in [3.8, 4) is 0 Å². The average Bonchev–Trinajstić information content (AvgIpc) is 2.54. The number of hydrogen-bond acceptors (Lipinski definition) is 2. The highest BCUT2D eigenvalue weighted by atomic mass is 32.1. The number of benzene rings is 1. The first-order valence-corrected chi connectivity index (χ1v) is 5.30. The number of rotatable bonds is 1. The van der Waals surface area contributed by atoms with Crippen LogP contribution in [0.4, 0.5) is 13.2 Å². The van der Waals surface area contributed by atoms with Crippen LogP contribution >= 0.6 is 11.3 Å². The van der Waals surface area contributed by atoms with E-state index in [9.17, 15) is 18.0 Å². The normalized spacial score (nSPS) is 12.0. The van der Waals surface area contributed by atoms with E-state index in [2.05, 4.69) is 0 Å². The van der Waals surface area contributed by atoms with Gasteiger partial charge < -0.3 is 0 Å². The first-order chi connectivity index (χ1) is 7.43. The minimum absolute atomic E-state index is 0.102. The Balaban J connectivity index is 2.84. The Labute approximate surface area is 93.5 Å². The van der Waals surface area contributed by atoms with Gasteiger partial charge in [-0.3, -0.25) is 4.79 Å². The molecule has 5 heteroatoms. The van der Waals surface area contributed by atoms with Gasteiger partial charge in [-0.1, -0.05) is 12.1 Å². The number of aldehydes is 1. The van der Waals surface area contributed by atoms with Crippen molar-refractivity contribution in [2.24, 2.45) is 0 Å². The smallest absolute Gasteiger partial charge is 0.297 e. The van der Waals surface area contributed by atoms with E-state index >= 15 is 0 Å². The van der Waals surface area contributed by atoms with Gasteiger partial charge in [0, 0.05) is 10.1 Å². The number of carbonyl (C=O) groups is 1. The van der Waals surface area contributed by atoms with Crippen molar-refractivity contribution in [2.45, 2.75) is 13.1 Å². The zero-order valence-electron chi connectivity index (χ0n) is 8.26. The maximum atomic E-state index is 12.7. The summed E-state index contributed by atoms with van der Waals surface area (Å²) in [4.78, 5) is 10.4. The lowest BCUT2D eigenvalue weighted by atomic mass is 10.1. The quantitative estimate of drug-likeness (QED) is 0.692. The molecule has 1 aromatic heterocycles. The van der Waals surface area contributed by atoms with Gasteiger partial charge in [-0.25, -0.2) is 0 Å². The Morgan fingerprint density at radius 3 is 2.56 bits per heavy atom. The van der Waals surface area contributed by atoms with Crippen LogP contribution in [0.2, 0.25) is 0 Å². The molecule has 0 amide bonds. The van der Waals surface area contributed by atoms with E-state index < -0.39 is 11.7 Å². The summed E-state index contributed by atoms with van der Waals surface area (Å²) in [7, 11) is 0. The van der Waals surface area contributed by atoms with Gasteiger partial charge >= 0.3 is 6.18 Å². The number of halogens is 3. The Bertz CT molecular complexity index is 554. The highest BCUT2D eigenvalue weighted by molar-refractivity contribution is 7.20. The lowest BCUT2D eigenvalue weighted by Crippen LogP contribution is -2.06. The molecular weight excluding hydrogens is 237 g/mol. The van der Waals surface area contributed by atoms with Crippen LogP contribution in [0.15, 0.2) is 18.2 Å². The molecule has 0 spiro atoms. The fourth-order valence-corrected chi connectivity index (χ4v) is 2.74. The van der Waals surface area contributed by atoms with E-state index in [1.807, 2.05) is 0 Å². The van der Waals surface area contributed by atoms with Crippen molar-refractivity contribution in [2.75, 3.05) is 0 Å². The van der Waals surface area contributed by atoms with Crippen molar-refractivity contribution in [1.82, 2.24) is 0 Å². The summed E-state index contributed by atoms with van der Waals surface area (Å²) in [6.07, 6.45) is -4.22. The Hall–Kier alpha value is -1.36. The van der Waals surface area contributed by atoms with Crippen LogP contribution in [0.25, 0.3) is 10.1 Å². The molecule has 0 bridgehead atoms. The number of fused-ring (bicyclic) bond motifs is 1. The summed E-state index contributed by atoms with van der Waals surface area (Å²) >= 11 is 0.877. The number of hydrogen-bond donors (Lipinski definition) is 0. The molecule has 0 saturated heterocycles. The molecule has 16 heavy (non-hydrogen) atoms. The van der Waals surface area contributed by atoms with Gasteiger partial charge in [0.2, 0.25) is 0 Å². The molecule has 1 heterocycles. The third kappa shape index (κ3) is 1.71. The predicted molar refractivity (Wildman–Crippen MR) is 57.0 cm³/mol. The standard InChI is InChI=1S/C11H7F3OS/c1-6-2-3-7-8(4-6)16-9(5-15)10(7)11(12,13)14/h2-5H,1H3. The molecular formula is C11H7F3OS. The van der Waals surface area contributed by atoms with Gasteiger partial charge in [0.05, 0.1) is 10.4 Å². The number of carbonyl (C=O) groups excluding carboxylic acids is 1. The van der Waals surface area contributed by atoms with Crippen molar-refractivity contribution in [3.05, 3.63) is 34.2 Å². The molecule has 1 aromatic carbocycles. The maximum Gasteiger partial charge on any atom is 0.418 e. The second-order valence-corrected chi connectivity index (χ2v) is 4.54. The van der Waals surface area contributed by atoms with Crippen molar-refractivity contribution < 1.29 is 18.0 Å². The summed E-state index contributed by atoms with van der Waals surface area (Å²) in [5.41, 5.74) is 0.0578. The Kier molecular flexibility index (Phi) is 2.50. The topological polar surface area (TPSA) is 17.1 Å². The largest absolute Gasteiger partial charge is 0.418 e. The van der Waals surface area contributed by atoms with Gasteiger partial charge in [-0.05, 0) is 18.6 Å². The Morgan fingerprint density at radius 2 is 2.00 bits per heavy atom. The lowest BCUT2D eigenvalue weighted by molar-refractivity contribution is -0.136. The average molecular weight is 244 g/mol. The van der Waals surface area contributed by atoms with Crippen LogP contribution < -0.4 is 0 Å². The van der Waals surface area contributed by atoms with E-state index in [1.165, 1.54) is 6.07 Å². The summed E-state index contributed by atoms with van der Waals surface area (Å²) in [6.45, 7) is 1.80. The fourth-order valence-electron chi connectivity index (χ4n) is 1.60. The van der Waals surface area contributed by atoms with Crippen molar-refractivity contribution >= 4 is 27.7 Å². The van der Waals surface area contributed by atoms with E-state index in [0.717, 1.165) is 16.9 Å². The van der Waals surface area contributed by atoms with Crippen LogP contribution in [0.1, 0.15) is 20.8 Å². The molecule has 0 fully saturated rings. The minimum Gasteiger partial charge on any atom is -0.297 e. The molecule has 0 aliphatic heterocycles. The second-order valence-electron chi connectivity index (χ2n) is 3.46. The summed E-state index contributed by atoms with van der Waals surface area (Å²) in [5, 5.41) is 0.102. The van der Waals surface area contributed by atoms with Crippen LogP contribution in [-0.4, -0.2) is 6.29 Å². The maximum absolute atomic E-state index is 12.7. The Morgan fingerprint density at radius 1 is 1.31 bits per heavy atom. The molecule has 0 aliphatic rings. The molecule has 2 aromatic rings. The summed E-state index contributed by atoms with van der Waals surface area (Å²) in [5.74, 6) is 0. The monoisotopic (exact) mass is 244 g/mol. The zero-order chi connectivity index (χ0) is 11.9. The third-order valence-corrected chi connectivity index (χ3v) is 3.34. The van der Waals surface area contributed by atoms with E-state index in [1.54, 1.807) is 19.1 Å². The molecule has 2 rings (SSSR count). The van der Waals surface area contributed by atoms with Gasteiger partial charge in [0.1, 0.15) is 0 Å². The van der Waals surface area contributed by atoms with E-state index in [-0.39, 0.29) is 16.5 Å². The molecule has 1 nitrogen and oxygen atoms in total. The van der Waals surface area contributed by atoms with E-state index in [4.69, 9.17) is 0 Å². The lowest BCUT2D eigenvalue weighted by Gasteiger charge is -2.05. The first-order valence-electron chi connectivity index (χ1n) is 4.49. The van der Waals surface area contributed by atoms with Crippen molar-refractivity contribution in [1.29, 1.82) is 0 Å². The molecule has 0 aliphatic carbocycles. The van der Waals surface area contributed by atoms with Gasteiger partial charge in [0.25, 0.3) is 0 Å². The predicted octanol–water partition coefficient (Wildman–Crippen LogP) is 4.04. The van der Waals surface area contributed by atoms with Crippen LogP contribution in [0.3, 0.4) is 0 Å². The zero-order valence-corrected chi connectivity index (χ0v) is 9.08. The van der Waals surface area contributed by atoms with Crippen LogP contribution in [0, 0.1) is 6.92 Å². The molecule has 0 atom stereocenters. The molecule has 0 N–H and O–H groups in total. The highest BCUT2D eigenvalue weighted by Gasteiger charge is 2.36. The summed E-state index contributed by atoms with van der Waals surface area (Å²) < 4.78 is 38.7. The first kappa shape index (κ1) is 11.1. The highest BCUT2D eigenvalue weighted by Crippen LogP contribution is 2.41. The number of thiophene rings is 1. The molecule has 0 radical (unpaired) electrons. The number of alkyl halides is 3. The van der Waals surface area contributed by atoms with Gasteiger partial charge in [0.15, 0.2) is 6.29 Å². The molecule has 0 saturated carbocycles. The van der Waals surface area contributed by atoms with Crippen LogP contribution in [-0.2, 0) is 6.18 Å². The van der Waals surface area contributed by atoms with E-state index in [0.29, 0.717) is 4.70 Å². The van der Waals surface area contributed by atoms with Gasteiger partial charge in [-0.2, -0.15) is 13.2 Å².